The van der Waals surface area contributed by atoms with Crippen molar-refractivity contribution in [3.63, 3.8) is 0 Å². The minimum atomic E-state index is -0.0358. The largest absolute Gasteiger partial charge is 0.505 e. The predicted molar refractivity (Wildman–Crippen MR) is 83.1 cm³/mol. The van der Waals surface area contributed by atoms with Gasteiger partial charge in [-0.25, -0.2) is 0 Å². The van der Waals surface area contributed by atoms with Crippen molar-refractivity contribution in [1.29, 1.82) is 0 Å². The van der Waals surface area contributed by atoms with Crippen molar-refractivity contribution in [3.8, 4) is 5.75 Å². The molecule has 1 aromatic carbocycles. The van der Waals surface area contributed by atoms with Gasteiger partial charge < -0.3 is 5.11 Å². The quantitative estimate of drug-likeness (QED) is 0.815. The van der Waals surface area contributed by atoms with Gasteiger partial charge in [0.25, 0.3) is 0 Å². The van der Waals surface area contributed by atoms with Crippen LogP contribution in [-0.4, -0.2) is 23.1 Å². The third-order valence-corrected chi connectivity index (χ3v) is 3.31. The molecule has 1 rings (SSSR count). The summed E-state index contributed by atoms with van der Waals surface area (Å²) in [5.74, 6) is 1.19. The Bertz CT molecular complexity index is 386. The van der Waals surface area contributed by atoms with Gasteiger partial charge in [-0.1, -0.05) is 50.9 Å². The van der Waals surface area contributed by atoms with Crippen LogP contribution in [-0.2, 0) is 6.54 Å². The highest BCUT2D eigenvalue weighted by Gasteiger charge is 2.13. The molecule has 1 aromatic rings. The van der Waals surface area contributed by atoms with E-state index < -0.39 is 0 Å². The zero-order valence-electron chi connectivity index (χ0n) is 12.1. The molecule has 0 amide bonds. The van der Waals surface area contributed by atoms with Crippen LogP contribution in [0.4, 0.5) is 0 Å². The van der Waals surface area contributed by atoms with Crippen LogP contribution >= 0.6 is 23.2 Å². The fourth-order valence-electron chi connectivity index (χ4n) is 2.20. The summed E-state index contributed by atoms with van der Waals surface area (Å²) in [6, 6.07) is 3.58. The van der Waals surface area contributed by atoms with Crippen molar-refractivity contribution in [2.75, 3.05) is 13.1 Å². The summed E-state index contributed by atoms with van der Waals surface area (Å²) in [6.45, 7) is 11.7. The fourth-order valence-corrected chi connectivity index (χ4v) is 2.74. The van der Waals surface area contributed by atoms with E-state index in [2.05, 4.69) is 32.6 Å². The van der Waals surface area contributed by atoms with E-state index in [0.29, 0.717) is 21.9 Å². The number of halogens is 2. The fraction of sp³-hybridized carbons (Fsp3) is 0.600. The molecular weight excluding hydrogens is 281 g/mol. The molecule has 0 aromatic heterocycles. The summed E-state index contributed by atoms with van der Waals surface area (Å²) >= 11 is 11.9. The molecule has 2 nitrogen and oxygen atoms in total. The number of aromatic hydroxyl groups is 1. The highest BCUT2D eigenvalue weighted by molar-refractivity contribution is 6.37. The number of nitrogens with zero attached hydrogens (tertiary/aromatic N) is 1. The van der Waals surface area contributed by atoms with Gasteiger partial charge in [0.05, 0.1) is 10.0 Å². The molecular formula is C15H23Cl2NO. The first-order valence-electron chi connectivity index (χ1n) is 6.68. The number of phenolic OH excluding ortho intramolecular Hbond substituents is 1. The Labute approximate surface area is 126 Å². The molecule has 0 atom stereocenters. The van der Waals surface area contributed by atoms with Gasteiger partial charge in [-0.2, -0.15) is 0 Å². The van der Waals surface area contributed by atoms with E-state index >= 15 is 0 Å². The Morgan fingerprint density at radius 1 is 1.00 bits per heavy atom. The second-order valence-electron chi connectivity index (χ2n) is 5.89. The average Bonchev–Trinajstić information content (AvgIpc) is 2.23. The van der Waals surface area contributed by atoms with Gasteiger partial charge >= 0.3 is 0 Å². The monoisotopic (exact) mass is 303 g/mol. The summed E-state index contributed by atoms with van der Waals surface area (Å²) in [6.07, 6.45) is 0. The Morgan fingerprint density at radius 3 is 1.79 bits per heavy atom. The van der Waals surface area contributed by atoms with Crippen molar-refractivity contribution in [3.05, 3.63) is 27.7 Å². The lowest BCUT2D eigenvalue weighted by Gasteiger charge is -2.26. The molecule has 19 heavy (non-hydrogen) atoms. The van der Waals surface area contributed by atoms with E-state index in [1.54, 1.807) is 12.1 Å². The molecule has 0 unspecified atom stereocenters. The summed E-state index contributed by atoms with van der Waals surface area (Å²) in [5, 5.41) is 10.2. The number of rotatable bonds is 6. The molecule has 0 bridgehead atoms. The maximum absolute atomic E-state index is 9.58. The molecule has 0 radical (unpaired) electrons. The molecule has 0 saturated heterocycles. The van der Waals surface area contributed by atoms with Crippen molar-refractivity contribution >= 4 is 23.2 Å². The lowest BCUT2D eigenvalue weighted by atomic mass is 10.1. The summed E-state index contributed by atoms with van der Waals surface area (Å²) in [5.41, 5.74) is 1.04. The highest BCUT2D eigenvalue weighted by Crippen LogP contribution is 2.33. The molecule has 0 spiro atoms. The summed E-state index contributed by atoms with van der Waals surface area (Å²) in [7, 11) is 0. The highest BCUT2D eigenvalue weighted by atomic mass is 35.5. The van der Waals surface area contributed by atoms with E-state index in [1.165, 1.54) is 0 Å². The first-order valence-corrected chi connectivity index (χ1v) is 7.44. The summed E-state index contributed by atoms with van der Waals surface area (Å²) in [4.78, 5) is 2.40. The third kappa shape index (κ3) is 5.60. The molecule has 0 aliphatic heterocycles. The van der Waals surface area contributed by atoms with E-state index in [1.807, 2.05) is 0 Å². The first-order chi connectivity index (χ1) is 8.79. The lowest BCUT2D eigenvalue weighted by molar-refractivity contribution is 0.211. The zero-order chi connectivity index (χ0) is 14.6. The molecule has 0 fully saturated rings. The Kier molecular flexibility index (Phi) is 6.45. The van der Waals surface area contributed by atoms with Crippen molar-refractivity contribution in [2.24, 2.45) is 11.8 Å². The maximum Gasteiger partial charge on any atom is 0.152 e. The van der Waals surface area contributed by atoms with Crippen LogP contribution in [0.5, 0.6) is 5.75 Å². The van der Waals surface area contributed by atoms with Gasteiger partial charge in [0.15, 0.2) is 5.75 Å². The van der Waals surface area contributed by atoms with Gasteiger partial charge in [0, 0.05) is 19.6 Å². The SMILES string of the molecule is CC(C)CN(Cc1cc(Cl)c(O)c(Cl)c1)CC(C)C. The van der Waals surface area contributed by atoms with Crippen LogP contribution in [0.1, 0.15) is 33.3 Å². The van der Waals surface area contributed by atoms with E-state index in [0.717, 1.165) is 25.2 Å². The Hall–Kier alpha value is -0.440. The summed E-state index contributed by atoms with van der Waals surface area (Å²) < 4.78 is 0. The maximum atomic E-state index is 9.58. The van der Waals surface area contributed by atoms with E-state index in [-0.39, 0.29) is 5.75 Å². The first kappa shape index (κ1) is 16.6. The number of benzene rings is 1. The molecule has 0 saturated carbocycles. The van der Waals surface area contributed by atoms with Crippen molar-refractivity contribution in [1.82, 2.24) is 4.90 Å². The van der Waals surface area contributed by atoms with Gasteiger partial charge in [-0.3, -0.25) is 4.90 Å². The van der Waals surface area contributed by atoms with Gasteiger partial charge in [-0.05, 0) is 29.5 Å². The van der Waals surface area contributed by atoms with E-state index in [4.69, 9.17) is 23.2 Å². The second kappa shape index (κ2) is 7.37. The molecule has 1 N–H and O–H groups in total. The molecule has 4 heteroatoms. The zero-order valence-corrected chi connectivity index (χ0v) is 13.6. The molecule has 0 aliphatic rings. The van der Waals surface area contributed by atoms with Crippen molar-refractivity contribution < 1.29 is 5.11 Å². The van der Waals surface area contributed by atoms with Crippen LogP contribution < -0.4 is 0 Å². The smallest absolute Gasteiger partial charge is 0.152 e. The Morgan fingerprint density at radius 2 is 1.42 bits per heavy atom. The van der Waals surface area contributed by atoms with Crippen LogP contribution in [0.2, 0.25) is 10.0 Å². The number of hydrogen-bond acceptors (Lipinski definition) is 2. The van der Waals surface area contributed by atoms with Gasteiger partial charge in [0.2, 0.25) is 0 Å². The minimum Gasteiger partial charge on any atom is -0.505 e. The standard InChI is InChI=1S/C15H23Cl2NO/c1-10(2)7-18(8-11(3)4)9-12-5-13(16)15(19)14(17)6-12/h5-6,10-11,19H,7-9H2,1-4H3. The van der Waals surface area contributed by atoms with Crippen molar-refractivity contribution in [2.45, 2.75) is 34.2 Å². The average molecular weight is 304 g/mol. The third-order valence-electron chi connectivity index (χ3n) is 2.73. The topological polar surface area (TPSA) is 23.5 Å². The van der Waals surface area contributed by atoms with Gasteiger partial charge in [-0.15, -0.1) is 0 Å². The van der Waals surface area contributed by atoms with Crippen LogP contribution in [0.15, 0.2) is 12.1 Å². The van der Waals surface area contributed by atoms with E-state index in [9.17, 15) is 5.11 Å². The molecule has 0 aliphatic carbocycles. The number of hydrogen-bond donors (Lipinski definition) is 1. The molecule has 108 valence electrons. The second-order valence-corrected chi connectivity index (χ2v) is 6.70. The predicted octanol–water partition coefficient (Wildman–Crippen LogP) is 4.81. The van der Waals surface area contributed by atoms with Crippen LogP contribution in [0.25, 0.3) is 0 Å². The normalized spacial score (nSPS) is 11.8. The van der Waals surface area contributed by atoms with Crippen LogP contribution in [0.3, 0.4) is 0 Å². The lowest BCUT2D eigenvalue weighted by Crippen LogP contribution is -2.30. The van der Waals surface area contributed by atoms with Crippen LogP contribution in [0, 0.1) is 11.8 Å². The van der Waals surface area contributed by atoms with Gasteiger partial charge in [0.1, 0.15) is 0 Å². The Balaban J connectivity index is 2.83. The minimum absolute atomic E-state index is 0.0358. The number of phenols is 1. The molecule has 0 heterocycles.